The van der Waals surface area contributed by atoms with Crippen molar-refractivity contribution in [2.45, 2.75) is 17.7 Å². The Labute approximate surface area is 183 Å². The number of carbonyl (C=O) groups is 2. The number of piperazine rings is 1. The van der Waals surface area contributed by atoms with Gasteiger partial charge in [-0.1, -0.05) is 18.2 Å². The Morgan fingerprint density at radius 1 is 0.938 bits per heavy atom. The van der Waals surface area contributed by atoms with Crippen LogP contribution in [0, 0.1) is 11.6 Å². The van der Waals surface area contributed by atoms with Gasteiger partial charge >= 0.3 is 0 Å². The molecule has 2 aromatic carbocycles. The average Bonchev–Trinajstić information content (AvgIpc) is 2.81. The zero-order valence-corrected chi connectivity index (χ0v) is 17.8. The minimum Gasteiger partial charge on any atom is -0.335 e. The lowest BCUT2D eigenvalue weighted by atomic mass is 10.1. The first-order valence-corrected chi connectivity index (χ1v) is 11.4. The van der Waals surface area contributed by atoms with E-state index in [-0.39, 0.29) is 56.5 Å². The smallest absolute Gasteiger partial charge is 0.270 e. The third-order valence-electron chi connectivity index (χ3n) is 5.32. The molecule has 2 aromatic rings. The van der Waals surface area contributed by atoms with Crippen molar-refractivity contribution < 1.29 is 26.8 Å². The van der Waals surface area contributed by atoms with E-state index >= 15 is 0 Å². The van der Waals surface area contributed by atoms with E-state index in [1.807, 2.05) is 0 Å². The van der Waals surface area contributed by atoms with Crippen LogP contribution in [0.2, 0.25) is 0 Å². The molecule has 4 rings (SSSR count). The van der Waals surface area contributed by atoms with Crippen LogP contribution in [-0.4, -0.2) is 61.3 Å². The number of benzene rings is 2. The number of halogens is 2. The molecule has 1 saturated heterocycles. The summed E-state index contributed by atoms with van der Waals surface area (Å²) in [5.41, 5.74) is 0.761. The van der Waals surface area contributed by atoms with Gasteiger partial charge in [-0.25, -0.2) is 22.2 Å². The highest BCUT2D eigenvalue weighted by Crippen LogP contribution is 2.23. The van der Waals surface area contributed by atoms with E-state index in [9.17, 15) is 26.8 Å². The Balaban J connectivity index is 1.47. The van der Waals surface area contributed by atoms with Crippen molar-refractivity contribution in [1.82, 2.24) is 9.21 Å². The molecule has 0 N–H and O–H groups in total. The van der Waals surface area contributed by atoms with Crippen LogP contribution in [0.1, 0.15) is 12.8 Å². The summed E-state index contributed by atoms with van der Waals surface area (Å²) in [5.74, 6) is -2.49. The molecule has 168 valence electrons. The maximum atomic E-state index is 14.0. The quantitative estimate of drug-likeness (QED) is 0.695. The Morgan fingerprint density at radius 3 is 2.31 bits per heavy atom. The van der Waals surface area contributed by atoms with Crippen LogP contribution in [0.5, 0.6) is 0 Å². The largest absolute Gasteiger partial charge is 0.335 e. The Kier molecular flexibility index (Phi) is 6.02. The number of rotatable bonds is 4. The summed E-state index contributed by atoms with van der Waals surface area (Å²) in [6.07, 6.45) is 0.320. The van der Waals surface area contributed by atoms with Gasteiger partial charge in [0.15, 0.2) is 0 Å². The van der Waals surface area contributed by atoms with E-state index in [0.717, 1.165) is 16.4 Å². The number of nitrogens with zero attached hydrogens (tertiary/aromatic N) is 4. The Bertz CT molecular complexity index is 1180. The van der Waals surface area contributed by atoms with E-state index in [0.29, 0.717) is 11.8 Å². The summed E-state index contributed by atoms with van der Waals surface area (Å²) in [6, 6.07) is 11.0. The number of hydrogen-bond acceptors (Lipinski definition) is 5. The number of anilines is 1. The molecule has 8 nitrogen and oxygen atoms in total. The maximum absolute atomic E-state index is 14.0. The van der Waals surface area contributed by atoms with Gasteiger partial charge in [0.05, 0.1) is 5.69 Å². The third-order valence-corrected chi connectivity index (χ3v) is 7.23. The topological polar surface area (TPSA) is 90.4 Å². The first-order valence-electron chi connectivity index (χ1n) is 9.97. The van der Waals surface area contributed by atoms with E-state index in [1.165, 1.54) is 9.91 Å². The fourth-order valence-corrected chi connectivity index (χ4v) is 5.10. The molecule has 0 atom stereocenters. The summed E-state index contributed by atoms with van der Waals surface area (Å²) < 4.78 is 53.9. The van der Waals surface area contributed by atoms with E-state index in [2.05, 4.69) is 5.10 Å². The normalized spacial score (nSPS) is 17.9. The molecule has 0 aromatic heterocycles. The van der Waals surface area contributed by atoms with Crippen molar-refractivity contribution >= 4 is 33.2 Å². The van der Waals surface area contributed by atoms with Gasteiger partial charge in [0.25, 0.3) is 5.91 Å². The third kappa shape index (κ3) is 4.26. The lowest BCUT2D eigenvalue weighted by molar-refractivity contribution is -0.125. The number of para-hydroxylation sites is 1. The molecule has 0 spiro atoms. The molecule has 2 aliphatic rings. The molecular weight excluding hydrogens is 442 g/mol. The van der Waals surface area contributed by atoms with Gasteiger partial charge in [-0.3, -0.25) is 9.59 Å². The Hall–Kier alpha value is -3.18. The highest BCUT2D eigenvalue weighted by molar-refractivity contribution is 7.89. The van der Waals surface area contributed by atoms with Gasteiger partial charge < -0.3 is 4.90 Å². The molecule has 2 amide bonds. The number of carbonyl (C=O) groups excluding carboxylic acids is 2. The van der Waals surface area contributed by atoms with Crippen LogP contribution in [0.4, 0.5) is 14.5 Å². The van der Waals surface area contributed by atoms with Crippen molar-refractivity contribution in [2.24, 2.45) is 5.10 Å². The Morgan fingerprint density at radius 2 is 1.62 bits per heavy atom. The van der Waals surface area contributed by atoms with Crippen LogP contribution in [0.25, 0.3) is 0 Å². The van der Waals surface area contributed by atoms with Gasteiger partial charge in [-0.2, -0.15) is 9.41 Å². The van der Waals surface area contributed by atoms with Crippen molar-refractivity contribution in [3.63, 3.8) is 0 Å². The van der Waals surface area contributed by atoms with Crippen molar-refractivity contribution in [2.75, 3.05) is 31.2 Å². The van der Waals surface area contributed by atoms with Gasteiger partial charge in [0, 0.05) is 39.0 Å². The summed E-state index contributed by atoms with van der Waals surface area (Å²) in [4.78, 5) is 25.9. The van der Waals surface area contributed by atoms with Crippen molar-refractivity contribution in [3.05, 3.63) is 60.2 Å². The molecule has 11 heteroatoms. The number of amides is 2. The zero-order chi connectivity index (χ0) is 22.9. The molecule has 32 heavy (non-hydrogen) atoms. The average molecular weight is 462 g/mol. The summed E-state index contributed by atoms with van der Waals surface area (Å²) in [6.45, 7) is -0.0160. The fourth-order valence-electron chi connectivity index (χ4n) is 3.61. The first kappa shape index (κ1) is 22.0. The first-order chi connectivity index (χ1) is 15.3. The minimum absolute atomic E-state index is 0.0628. The second kappa shape index (κ2) is 8.75. The van der Waals surface area contributed by atoms with Gasteiger partial charge in [0.2, 0.25) is 15.9 Å². The number of sulfonamides is 1. The molecular formula is C21H20F2N4O4S. The zero-order valence-electron chi connectivity index (χ0n) is 16.9. The molecule has 2 aliphatic heterocycles. The predicted molar refractivity (Wildman–Crippen MR) is 112 cm³/mol. The molecule has 1 fully saturated rings. The summed E-state index contributed by atoms with van der Waals surface area (Å²) >= 11 is 0. The molecule has 0 radical (unpaired) electrons. The summed E-state index contributed by atoms with van der Waals surface area (Å²) in [7, 11) is -4.24. The van der Waals surface area contributed by atoms with Crippen LogP contribution >= 0.6 is 0 Å². The summed E-state index contributed by atoms with van der Waals surface area (Å²) in [5, 5.41) is 5.43. The van der Waals surface area contributed by atoms with E-state index < -0.39 is 26.6 Å². The van der Waals surface area contributed by atoms with Crippen molar-refractivity contribution in [3.8, 4) is 0 Å². The predicted octanol–water partition coefficient (Wildman–Crippen LogP) is 1.98. The second-order valence-electron chi connectivity index (χ2n) is 7.36. The molecule has 0 saturated carbocycles. The molecule has 0 aliphatic carbocycles. The van der Waals surface area contributed by atoms with Crippen molar-refractivity contribution in [1.29, 1.82) is 0 Å². The lowest BCUT2D eigenvalue weighted by Crippen LogP contribution is -2.52. The lowest BCUT2D eigenvalue weighted by Gasteiger charge is -2.35. The number of hydrogen-bond donors (Lipinski definition) is 0. The monoisotopic (exact) mass is 462 g/mol. The van der Waals surface area contributed by atoms with Crippen LogP contribution in [0.3, 0.4) is 0 Å². The SMILES string of the molecule is O=C(C1=NN(c2ccccc2)C(=O)CC1)N1CCN(S(=O)(=O)c2cc(F)ccc2F)CC1. The standard InChI is InChI=1S/C21H20F2N4O4S/c22-15-6-7-17(23)19(14-15)32(30,31)26-12-10-25(11-13-26)21(29)18-8-9-20(28)27(24-18)16-4-2-1-3-5-16/h1-7,14H,8-13H2. The number of hydrazone groups is 1. The molecule has 0 unspecified atom stereocenters. The molecule has 2 heterocycles. The highest BCUT2D eigenvalue weighted by Gasteiger charge is 2.34. The second-order valence-corrected chi connectivity index (χ2v) is 9.27. The highest BCUT2D eigenvalue weighted by atomic mass is 32.2. The van der Waals surface area contributed by atoms with Gasteiger partial charge in [0.1, 0.15) is 22.2 Å². The maximum Gasteiger partial charge on any atom is 0.270 e. The minimum atomic E-state index is -4.24. The van der Waals surface area contributed by atoms with Crippen LogP contribution in [-0.2, 0) is 19.6 Å². The van der Waals surface area contributed by atoms with Crippen LogP contribution in [0.15, 0.2) is 58.5 Å². The fraction of sp³-hybridized carbons (Fsp3) is 0.286. The van der Waals surface area contributed by atoms with Gasteiger partial charge in [-0.15, -0.1) is 0 Å². The van der Waals surface area contributed by atoms with E-state index in [1.54, 1.807) is 30.3 Å². The van der Waals surface area contributed by atoms with Crippen LogP contribution < -0.4 is 5.01 Å². The van der Waals surface area contributed by atoms with Gasteiger partial charge in [-0.05, 0) is 30.3 Å². The molecule has 0 bridgehead atoms. The van der Waals surface area contributed by atoms with E-state index in [4.69, 9.17) is 0 Å².